The number of hydrogen-bond acceptors (Lipinski definition) is 2. The van der Waals surface area contributed by atoms with Crippen molar-refractivity contribution in [3.63, 3.8) is 0 Å². The standard InChI is InChI=1S/C9H10N2O/c1-5-6-3-2-4-7(10)8(6)9(12)11-5/h2-5H,10H2,1H3,(H,11,12). The van der Waals surface area contributed by atoms with Crippen LogP contribution in [0.3, 0.4) is 0 Å². The number of nitrogens with two attached hydrogens (primary N) is 1. The number of rotatable bonds is 0. The fourth-order valence-corrected chi connectivity index (χ4v) is 1.56. The fourth-order valence-electron chi connectivity index (χ4n) is 1.56. The highest BCUT2D eigenvalue weighted by Crippen LogP contribution is 2.28. The lowest BCUT2D eigenvalue weighted by Crippen LogP contribution is -2.16. The van der Waals surface area contributed by atoms with Crippen LogP contribution in [0.4, 0.5) is 5.69 Å². The lowest BCUT2D eigenvalue weighted by Gasteiger charge is -2.02. The van der Waals surface area contributed by atoms with Crippen LogP contribution < -0.4 is 11.1 Å². The van der Waals surface area contributed by atoms with Crippen molar-refractivity contribution in [2.45, 2.75) is 13.0 Å². The van der Waals surface area contributed by atoms with Gasteiger partial charge in [0.25, 0.3) is 5.91 Å². The number of benzene rings is 1. The number of carbonyl (C=O) groups excluding carboxylic acids is 1. The normalized spacial score (nSPS) is 20.4. The van der Waals surface area contributed by atoms with E-state index >= 15 is 0 Å². The van der Waals surface area contributed by atoms with Crippen LogP contribution in [0.2, 0.25) is 0 Å². The molecule has 3 N–H and O–H groups in total. The van der Waals surface area contributed by atoms with E-state index in [1.54, 1.807) is 6.07 Å². The molecular formula is C9H10N2O. The minimum absolute atomic E-state index is 0.0596. The second-order valence-corrected chi connectivity index (χ2v) is 3.01. The summed E-state index contributed by atoms with van der Waals surface area (Å²) in [6.07, 6.45) is 0. The highest BCUT2D eigenvalue weighted by atomic mass is 16.2. The van der Waals surface area contributed by atoms with Gasteiger partial charge in [-0.15, -0.1) is 0 Å². The summed E-state index contributed by atoms with van der Waals surface area (Å²) in [7, 11) is 0. The summed E-state index contributed by atoms with van der Waals surface area (Å²) in [4.78, 5) is 11.3. The lowest BCUT2D eigenvalue weighted by molar-refractivity contribution is 0.0959. The number of anilines is 1. The molecule has 0 aliphatic carbocycles. The molecule has 1 atom stereocenters. The maximum Gasteiger partial charge on any atom is 0.254 e. The van der Waals surface area contributed by atoms with E-state index in [9.17, 15) is 4.79 Å². The van der Waals surface area contributed by atoms with Gasteiger partial charge in [-0.3, -0.25) is 4.79 Å². The van der Waals surface area contributed by atoms with Gasteiger partial charge < -0.3 is 11.1 Å². The van der Waals surface area contributed by atoms with Crippen molar-refractivity contribution in [2.24, 2.45) is 0 Å². The van der Waals surface area contributed by atoms with Gasteiger partial charge >= 0.3 is 0 Å². The van der Waals surface area contributed by atoms with E-state index in [-0.39, 0.29) is 11.9 Å². The Balaban J connectivity index is 2.67. The van der Waals surface area contributed by atoms with E-state index in [1.807, 2.05) is 19.1 Å². The van der Waals surface area contributed by atoms with E-state index in [1.165, 1.54) is 0 Å². The van der Waals surface area contributed by atoms with Crippen LogP contribution in [-0.4, -0.2) is 5.91 Å². The second-order valence-electron chi connectivity index (χ2n) is 3.01. The van der Waals surface area contributed by atoms with E-state index in [2.05, 4.69) is 5.32 Å². The predicted octanol–water partition coefficient (Wildman–Crippen LogP) is 1.07. The molecule has 1 aliphatic heterocycles. The summed E-state index contributed by atoms with van der Waals surface area (Å²) in [6.45, 7) is 1.95. The molecule has 2 rings (SSSR count). The van der Waals surface area contributed by atoms with Gasteiger partial charge in [0.15, 0.2) is 0 Å². The predicted molar refractivity (Wildman–Crippen MR) is 46.7 cm³/mol. The monoisotopic (exact) mass is 162 g/mol. The van der Waals surface area contributed by atoms with Gasteiger partial charge in [-0.2, -0.15) is 0 Å². The van der Waals surface area contributed by atoms with Crippen LogP contribution in [0.25, 0.3) is 0 Å². The van der Waals surface area contributed by atoms with Gasteiger partial charge in [-0.05, 0) is 18.6 Å². The molecule has 1 aromatic carbocycles. The first-order valence-corrected chi connectivity index (χ1v) is 3.89. The van der Waals surface area contributed by atoms with Crippen molar-refractivity contribution in [3.8, 4) is 0 Å². The Bertz CT molecular complexity index is 346. The molecule has 1 aliphatic rings. The van der Waals surface area contributed by atoms with E-state index in [4.69, 9.17) is 5.73 Å². The third kappa shape index (κ3) is 0.794. The second kappa shape index (κ2) is 2.24. The summed E-state index contributed by atoms with van der Waals surface area (Å²) in [6, 6.07) is 5.63. The Hall–Kier alpha value is -1.51. The summed E-state index contributed by atoms with van der Waals surface area (Å²) in [5.74, 6) is -0.0596. The van der Waals surface area contributed by atoms with E-state index in [0.717, 1.165) is 5.56 Å². The number of nitrogens with one attached hydrogen (secondary N) is 1. The molecule has 62 valence electrons. The van der Waals surface area contributed by atoms with E-state index < -0.39 is 0 Å². The van der Waals surface area contributed by atoms with Crippen molar-refractivity contribution in [3.05, 3.63) is 29.3 Å². The molecule has 0 radical (unpaired) electrons. The molecular weight excluding hydrogens is 152 g/mol. The van der Waals surface area contributed by atoms with Gasteiger partial charge in [0.05, 0.1) is 11.6 Å². The largest absolute Gasteiger partial charge is 0.398 e. The van der Waals surface area contributed by atoms with Gasteiger partial charge in [0.2, 0.25) is 0 Å². The number of hydrogen-bond donors (Lipinski definition) is 2. The number of fused-ring (bicyclic) bond motifs is 1. The number of amides is 1. The third-order valence-electron chi connectivity index (χ3n) is 2.17. The van der Waals surface area contributed by atoms with Gasteiger partial charge in [0.1, 0.15) is 0 Å². The molecule has 1 heterocycles. The highest BCUT2D eigenvalue weighted by Gasteiger charge is 2.26. The molecule has 1 unspecified atom stereocenters. The Labute approximate surface area is 70.6 Å². The van der Waals surface area contributed by atoms with Gasteiger partial charge in [-0.25, -0.2) is 0 Å². The molecule has 0 aromatic heterocycles. The third-order valence-corrected chi connectivity index (χ3v) is 2.17. The maximum atomic E-state index is 11.3. The summed E-state index contributed by atoms with van der Waals surface area (Å²) in [5.41, 5.74) is 7.87. The van der Waals surface area contributed by atoms with Crippen LogP contribution in [-0.2, 0) is 0 Å². The van der Waals surface area contributed by atoms with Crippen molar-refractivity contribution >= 4 is 11.6 Å². The van der Waals surface area contributed by atoms with Crippen LogP contribution in [0.5, 0.6) is 0 Å². The Morgan fingerprint density at radius 1 is 1.50 bits per heavy atom. The minimum atomic E-state index is -0.0596. The zero-order valence-corrected chi connectivity index (χ0v) is 6.79. The van der Waals surface area contributed by atoms with Crippen molar-refractivity contribution in [1.29, 1.82) is 0 Å². The Morgan fingerprint density at radius 2 is 2.25 bits per heavy atom. The van der Waals surface area contributed by atoms with Crippen molar-refractivity contribution in [1.82, 2.24) is 5.32 Å². The summed E-state index contributed by atoms with van der Waals surface area (Å²) < 4.78 is 0. The first-order chi connectivity index (χ1) is 5.70. The molecule has 0 spiro atoms. The molecule has 0 saturated heterocycles. The first-order valence-electron chi connectivity index (χ1n) is 3.89. The minimum Gasteiger partial charge on any atom is -0.398 e. The topological polar surface area (TPSA) is 55.1 Å². The molecule has 3 heteroatoms. The van der Waals surface area contributed by atoms with Gasteiger partial charge in [-0.1, -0.05) is 12.1 Å². The zero-order valence-electron chi connectivity index (χ0n) is 6.79. The summed E-state index contributed by atoms with van der Waals surface area (Å²) >= 11 is 0. The average molecular weight is 162 g/mol. The Morgan fingerprint density at radius 3 is 2.92 bits per heavy atom. The van der Waals surface area contributed by atoms with E-state index in [0.29, 0.717) is 11.3 Å². The van der Waals surface area contributed by atoms with Gasteiger partial charge in [0, 0.05) is 5.69 Å². The number of carbonyl (C=O) groups is 1. The van der Waals surface area contributed by atoms with Crippen LogP contribution in [0, 0.1) is 0 Å². The van der Waals surface area contributed by atoms with Crippen LogP contribution in [0.15, 0.2) is 18.2 Å². The van der Waals surface area contributed by atoms with Crippen LogP contribution in [0.1, 0.15) is 28.9 Å². The molecule has 1 aromatic rings. The molecule has 3 nitrogen and oxygen atoms in total. The first kappa shape index (κ1) is 7.16. The molecule has 0 bridgehead atoms. The number of nitrogen functional groups attached to an aromatic ring is 1. The smallest absolute Gasteiger partial charge is 0.254 e. The Kier molecular flexibility index (Phi) is 1.33. The fraction of sp³-hybridized carbons (Fsp3) is 0.222. The molecule has 1 amide bonds. The van der Waals surface area contributed by atoms with Crippen LogP contribution >= 0.6 is 0 Å². The molecule has 0 fully saturated rings. The van der Waals surface area contributed by atoms with Crippen molar-refractivity contribution in [2.75, 3.05) is 5.73 Å². The SMILES string of the molecule is CC1NC(=O)c2c(N)cccc21. The maximum absolute atomic E-state index is 11.3. The molecule has 0 saturated carbocycles. The zero-order chi connectivity index (χ0) is 8.72. The average Bonchev–Trinajstić information content (AvgIpc) is 2.29. The lowest BCUT2D eigenvalue weighted by atomic mass is 10.0. The quantitative estimate of drug-likeness (QED) is 0.561. The highest BCUT2D eigenvalue weighted by molar-refractivity contribution is 6.03. The summed E-state index contributed by atoms with van der Waals surface area (Å²) in [5, 5.41) is 2.80. The van der Waals surface area contributed by atoms with Crippen molar-refractivity contribution < 1.29 is 4.79 Å². The molecule has 12 heavy (non-hydrogen) atoms.